The van der Waals surface area contributed by atoms with Crippen molar-refractivity contribution in [2.75, 3.05) is 11.6 Å². The van der Waals surface area contributed by atoms with Crippen LogP contribution < -0.4 is 5.32 Å². The van der Waals surface area contributed by atoms with Crippen molar-refractivity contribution in [3.8, 4) is 0 Å². The van der Waals surface area contributed by atoms with Crippen molar-refractivity contribution in [1.29, 1.82) is 0 Å². The molecule has 2 aromatic rings. The normalized spacial score (nSPS) is 17.7. The zero-order valence-electron chi connectivity index (χ0n) is 14.9. The Morgan fingerprint density at radius 2 is 1.77 bits per heavy atom. The second kappa shape index (κ2) is 8.90. The third-order valence-electron chi connectivity index (χ3n) is 4.66. The molecule has 136 valence electrons. The van der Waals surface area contributed by atoms with Gasteiger partial charge in [0.05, 0.1) is 5.88 Å². The van der Waals surface area contributed by atoms with Gasteiger partial charge in [-0.3, -0.25) is 9.59 Å². The van der Waals surface area contributed by atoms with Crippen LogP contribution in [0.5, 0.6) is 0 Å². The molecule has 1 aliphatic rings. The molecule has 26 heavy (non-hydrogen) atoms. The number of thioether (sulfide) groups is 1. The van der Waals surface area contributed by atoms with Crippen molar-refractivity contribution in [2.24, 2.45) is 0 Å². The number of rotatable bonds is 6. The highest BCUT2D eigenvalue weighted by Gasteiger charge is 2.34. The zero-order valence-corrected chi connectivity index (χ0v) is 15.7. The molecule has 0 saturated carbocycles. The van der Waals surface area contributed by atoms with Crippen LogP contribution in [-0.4, -0.2) is 34.4 Å². The van der Waals surface area contributed by atoms with Gasteiger partial charge in [0.15, 0.2) is 0 Å². The third kappa shape index (κ3) is 4.67. The molecule has 1 heterocycles. The summed E-state index contributed by atoms with van der Waals surface area (Å²) < 4.78 is 0. The van der Waals surface area contributed by atoms with Crippen molar-refractivity contribution < 1.29 is 9.59 Å². The van der Waals surface area contributed by atoms with Crippen LogP contribution in [0.1, 0.15) is 30.4 Å². The van der Waals surface area contributed by atoms with E-state index in [9.17, 15) is 9.59 Å². The Kier molecular flexibility index (Phi) is 6.34. The molecule has 2 aromatic carbocycles. The van der Waals surface area contributed by atoms with E-state index < -0.39 is 0 Å². The van der Waals surface area contributed by atoms with E-state index in [1.54, 1.807) is 16.7 Å². The predicted molar refractivity (Wildman–Crippen MR) is 106 cm³/mol. The molecule has 0 aliphatic carbocycles. The van der Waals surface area contributed by atoms with Crippen LogP contribution in [0.25, 0.3) is 0 Å². The summed E-state index contributed by atoms with van der Waals surface area (Å²) in [6.45, 7) is 2.55. The van der Waals surface area contributed by atoms with E-state index in [2.05, 4.69) is 12.2 Å². The average molecular weight is 369 g/mol. The number of amides is 2. The number of hydrogen-bond acceptors (Lipinski definition) is 3. The maximum atomic E-state index is 12.8. The maximum absolute atomic E-state index is 12.8. The molecule has 0 aromatic heterocycles. The molecule has 2 atom stereocenters. The van der Waals surface area contributed by atoms with Crippen molar-refractivity contribution in [2.45, 2.75) is 31.8 Å². The monoisotopic (exact) mass is 368 g/mol. The molecule has 0 spiro atoms. The number of benzene rings is 2. The van der Waals surface area contributed by atoms with Gasteiger partial charge in [-0.2, -0.15) is 0 Å². The van der Waals surface area contributed by atoms with Gasteiger partial charge in [0.25, 0.3) is 0 Å². The lowest BCUT2D eigenvalue weighted by Crippen LogP contribution is -2.47. The first-order valence-corrected chi connectivity index (χ1v) is 10.0. The van der Waals surface area contributed by atoms with Gasteiger partial charge in [-0.1, -0.05) is 67.6 Å². The van der Waals surface area contributed by atoms with Gasteiger partial charge in [-0.15, -0.1) is 11.8 Å². The van der Waals surface area contributed by atoms with E-state index in [-0.39, 0.29) is 23.8 Å². The van der Waals surface area contributed by atoms with Gasteiger partial charge in [0.2, 0.25) is 11.8 Å². The summed E-state index contributed by atoms with van der Waals surface area (Å²) in [6.07, 6.45) is 0.424. The number of carbonyl (C=O) groups excluding carboxylic acids is 2. The van der Waals surface area contributed by atoms with Crippen LogP contribution in [0.3, 0.4) is 0 Å². The molecule has 0 bridgehead atoms. The van der Waals surface area contributed by atoms with Crippen molar-refractivity contribution in [1.82, 2.24) is 10.2 Å². The van der Waals surface area contributed by atoms with Crippen LogP contribution in [0.15, 0.2) is 60.7 Å². The molecule has 4 nitrogen and oxygen atoms in total. The molecule has 1 saturated heterocycles. The molecule has 5 heteroatoms. The molecule has 3 rings (SSSR count). The second-order valence-electron chi connectivity index (χ2n) is 6.60. The number of nitrogens with zero attached hydrogens (tertiary/aromatic N) is 1. The van der Waals surface area contributed by atoms with Gasteiger partial charge < -0.3 is 10.2 Å². The maximum Gasteiger partial charge on any atom is 0.243 e. The van der Waals surface area contributed by atoms with E-state index in [1.165, 1.54) is 0 Å². The Morgan fingerprint density at radius 1 is 1.12 bits per heavy atom. The fourth-order valence-corrected chi connectivity index (χ4v) is 4.27. The average Bonchev–Trinajstić information content (AvgIpc) is 3.17. The van der Waals surface area contributed by atoms with Gasteiger partial charge in [0, 0.05) is 18.7 Å². The van der Waals surface area contributed by atoms with Crippen molar-refractivity contribution in [3.63, 3.8) is 0 Å². The number of hydrogen-bond donors (Lipinski definition) is 1. The van der Waals surface area contributed by atoms with Crippen LogP contribution in [0.4, 0.5) is 0 Å². The number of nitrogens with one attached hydrogen (secondary N) is 1. The molecular formula is C21H24N2O2S. The summed E-state index contributed by atoms with van der Waals surface area (Å²) in [5, 5.41) is 2.96. The SMILES string of the molecule is C[C@H](CC(=O)N1CSC[C@H]1C(=O)NCc1ccccc1)c1ccccc1. The molecule has 0 unspecified atom stereocenters. The van der Waals surface area contributed by atoms with Gasteiger partial charge >= 0.3 is 0 Å². The zero-order chi connectivity index (χ0) is 18.4. The smallest absolute Gasteiger partial charge is 0.243 e. The topological polar surface area (TPSA) is 49.4 Å². The minimum atomic E-state index is -0.376. The molecule has 0 radical (unpaired) electrons. The minimum Gasteiger partial charge on any atom is -0.350 e. The first-order valence-electron chi connectivity index (χ1n) is 8.89. The third-order valence-corrected chi connectivity index (χ3v) is 5.68. The summed E-state index contributed by atoms with van der Waals surface area (Å²) in [7, 11) is 0. The molecular weight excluding hydrogens is 344 g/mol. The first kappa shape index (κ1) is 18.5. The van der Waals surface area contributed by atoms with Crippen LogP contribution in [0, 0.1) is 0 Å². The van der Waals surface area contributed by atoms with Gasteiger partial charge in [-0.25, -0.2) is 0 Å². The fourth-order valence-electron chi connectivity index (χ4n) is 3.09. The van der Waals surface area contributed by atoms with E-state index in [0.717, 1.165) is 11.1 Å². The summed E-state index contributed by atoms with van der Waals surface area (Å²) in [5.74, 6) is 1.36. The Labute approximate surface area is 159 Å². The highest BCUT2D eigenvalue weighted by Crippen LogP contribution is 2.26. The van der Waals surface area contributed by atoms with Crippen LogP contribution in [-0.2, 0) is 16.1 Å². The van der Waals surface area contributed by atoms with Crippen molar-refractivity contribution in [3.05, 3.63) is 71.8 Å². The molecule has 2 amide bonds. The van der Waals surface area contributed by atoms with E-state index >= 15 is 0 Å². The summed E-state index contributed by atoms with van der Waals surface area (Å²) in [6, 6.07) is 19.5. The Bertz CT molecular complexity index is 736. The lowest BCUT2D eigenvalue weighted by Gasteiger charge is -2.24. The first-order chi connectivity index (χ1) is 12.6. The Hall–Kier alpha value is -2.27. The second-order valence-corrected chi connectivity index (χ2v) is 7.60. The van der Waals surface area contributed by atoms with E-state index in [1.807, 2.05) is 60.7 Å². The van der Waals surface area contributed by atoms with E-state index in [4.69, 9.17) is 0 Å². The molecule has 1 aliphatic heterocycles. The summed E-state index contributed by atoms with van der Waals surface area (Å²) >= 11 is 1.64. The van der Waals surface area contributed by atoms with Gasteiger partial charge in [0.1, 0.15) is 6.04 Å². The summed E-state index contributed by atoms with van der Waals surface area (Å²) in [5.41, 5.74) is 2.21. The summed E-state index contributed by atoms with van der Waals surface area (Å²) in [4.78, 5) is 27.0. The highest BCUT2D eigenvalue weighted by molar-refractivity contribution is 7.99. The fraction of sp³-hybridized carbons (Fsp3) is 0.333. The Morgan fingerprint density at radius 3 is 2.46 bits per heavy atom. The molecule has 1 fully saturated rings. The van der Waals surface area contributed by atoms with Crippen LogP contribution in [0.2, 0.25) is 0 Å². The standard InChI is InChI=1S/C21H24N2O2S/c1-16(18-10-6-3-7-11-18)12-20(24)23-15-26-14-19(23)21(25)22-13-17-8-4-2-5-9-17/h2-11,16,19H,12-15H2,1H3,(H,22,25)/t16-,19+/m1/s1. The quantitative estimate of drug-likeness (QED) is 0.850. The lowest BCUT2D eigenvalue weighted by atomic mass is 9.97. The van der Waals surface area contributed by atoms with E-state index in [0.29, 0.717) is 24.6 Å². The van der Waals surface area contributed by atoms with Crippen LogP contribution >= 0.6 is 11.8 Å². The van der Waals surface area contributed by atoms with Gasteiger partial charge in [-0.05, 0) is 17.0 Å². The minimum absolute atomic E-state index is 0.0474. The number of carbonyl (C=O) groups is 2. The van der Waals surface area contributed by atoms with Crippen molar-refractivity contribution >= 4 is 23.6 Å². The highest BCUT2D eigenvalue weighted by atomic mass is 32.2. The largest absolute Gasteiger partial charge is 0.350 e. The molecule has 1 N–H and O–H groups in total. The predicted octanol–water partition coefficient (Wildman–Crippen LogP) is 3.40. The lowest BCUT2D eigenvalue weighted by molar-refractivity contribution is -0.138. The Balaban J connectivity index is 1.56.